The molecule has 0 fully saturated rings. The molecule has 0 aromatic heterocycles. The van der Waals surface area contributed by atoms with Crippen LogP contribution in [0.4, 0.5) is 13.2 Å². The summed E-state index contributed by atoms with van der Waals surface area (Å²) in [5.41, 5.74) is -0.355. The van der Waals surface area contributed by atoms with Gasteiger partial charge in [0, 0.05) is 17.6 Å². The Balaban J connectivity index is 4.91. The highest BCUT2D eigenvalue weighted by molar-refractivity contribution is 4.92. The molecule has 0 aliphatic rings. The normalized spacial score (nSPS) is 16.5. The second-order valence-corrected chi connectivity index (χ2v) is 5.95. The molecule has 0 saturated carbocycles. The highest BCUT2D eigenvalue weighted by Gasteiger charge is 2.44. The lowest BCUT2D eigenvalue weighted by Gasteiger charge is -2.36. The van der Waals surface area contributed by atoms with Crippen LogP contribution in [0.1, 0.15) is 40.5 Å². The number of nitrogens with one attached hydrogen (secondary N) is 2. The van der Waals surface area contributed by atoms with Gasteiger partial charge in [-0.15, -0.1) is 6.58 Å². The van der Waals surface area contributed by atoms with Gasteiger partial charge in [0.15, 0.2) is 0 Å². The molecular weight excluding hydrogens is 253 g/mol. The highest BCUT2D eigenvalue weighted by atomic mass is 19.4. The lowest BCUT2D eigenvalue weighted by Crippen LogP contribution is -2.51. The van der Waals surface area contributed by atoms with Crippen molar-refractivity contribution >= 4 is 0 Å². The van der Waals surface area contributed by atoms with Crippen molar-refractivity contribution in [3.05, 3.63) is 12.7 Å². The fourth-order valence-corrected chi connectivity index (χ4v) is 2.54. The number of alkyl halides is 3. The standard InChI is InChI=1S/C14H27F3N2/c1-7-8-11(14(15,16)17)12(18-6)9-13(4,5)19-10(2)3/h7,10-12,18-19H,1,8-9H2,2-6H3. The van der Waals surface area contributed by atoms with Crippen LogP contribution in [0.2, 0.25) is 0 Å². The number of hydrogen-bond donors (Lipinski definition) is 2. The van der Waals surface area contributed by atoms with Gasteiger partial charge in [-0.1, -0.05) is 19.9 Å². The molecular formula is C14H27F3N2. The molecule has 0 radical (unpaired) electrons. The van der Waals surface area contributed by atoms with E-state index in [1.807, 2.05) is 27.7 Å². The molecule has 0 spiro atoms. The van der Waals surface area contributed by atoms with Crippen molar-refractivity contribution in [2.24, 2.45) is 5.92 Å². The third-order valence-electron chi connectivity index (χ3n) is 3.11. The second-order valence-electron chi connectivity index (χ2n) is 5.95. The molecule has 114 valence electrons. The molecule has 0 aliphatic carbocycles. The lowest BCUT2D eigenvalue weighted by atomic mass is 9.85. The summed E-state index contributed by atoms with van der Waals surface area (Å²) in [5.74, 6) is -1.40. The maximum absolute atomic E-state index is 13.1. The summed E-state index contributed by atoms with van der Waals surface area (Å²) >= 11 is 0. The fraction of sp³-hybridized carbons (Fsp3) is 0.857. The van der Waals surface area contributed by atoms with E-state index in [9.17, 15) is 13.2 Å². The van der Waals surface area contributed by atoms with Crippen molar-refractivity contribution in [2.75, 3.05) is 7.05 Å². The van der Waals surface area contributed by atoms with Crippen molar-refractivity contribution in [2.45, 2.75) is 64.3 Å². The molecule has 2 nitrogen and oxygen atoms in total. The van der Waals surface area contributed by atoms with Crippen molar-refractivity contribution in [1.29, 1.82) is 0 Å². The third kappa shape index (κ3) is 6.97. The molecule has 2 N–H and O–H groups in total. The summed E-state index contributed by atoms with van der Waals surface area (Å²) in [5, 5.41) is 6.11. The van der Waals surface area contributed by atoms with E-state index in [0.717, 1.165) is 0 Å². The molecule has 0 aromatic rings. The maximum atomic E-state index is 13.1. The molecule has 0 rings (SSSR count). The number of allylic oxidation sites excluding steroid dienone is 1. The van der Waals surface area contributed by atoms with Crippen LogP contribution in [0.3, 0.4) is 0 Å². The van der Waals surface area contributed by atoms with Gasteiger partial charge in [-0.2, -0.15) is 13.2 Å². The van der Waals surface area contributed by atoms with Crippen LogP contribution in [0, 0.1) is 5.92 Å². The Labute approximate surface area is 114 Å². The molecule has 0 bridgehead atoms. The first-order chi connectivity index (χ1) is 8.53. The van der Waals surface area contributed by atoms with Crippen LogP contribution in [0.25, 0.3) is 0 Å². The molecule has 0 amide bonds. The van der Waals surface area contributed by atoms with E-state index in [0.29, 0.717) is 6.42 Å². The van der Waals surface area contributed by atoms with Gasteiger partial charge in [-0.3, -0.25) is 0 Å². The van der Waals surface area contributed by atoms with E-state index in [1.165, 1.54) is 6.08 Å². The first-order valence-corrected chi connectivity index (χ1v) is 6.66. The van der Waals surface area contributed by atoms with E-state index < -0.39 is 18.1 Å². The van der Waals surface area contributed by atoms with Crippen molar-refractivity contribution in [1.82, 2.24) is 10.6 Å². The van der Waals surface area contributed by atoms with Gasteiger partial charge in [0.2, 0.25) is 0 Å². The van der Waals surface area contributed by atoms with Crippen LogP contribution in [0.5, 0.6) is 0 Å². The van der Waals surface area contributed by atoms with Crippen molar-refractivity contribution in [3.63, 3.8) is 0 Å². The van der Waals surface area contributed by atoms with Crippen LogP contribution in [-0.2, 0) is 0 Å². The summed E-state index contributed by atoms with van der Waals surface area (Å²) in [6, 6.07) is -0.393. The summed E-state index contributed by atoms with van der Waals surface area (Å²) in [4.78, 5) is 0. The van der Waals surface area contributed by atoms with Crippen molar-refractivity contribution < 1.29 is 13.2 Å². The van der Waals surface area contributed by atoms with Crippen LogP contribution < -0.4 is 10.6 Å². The summed E-state index contributed by atoms with van der Waals surface area (Å²) < 4.78 is 39.2. The van der Waals surface area contributed by atoms with Gasteiger partial charge in [0.25, 0.3) is 0 Å². The molecule has 0 heterocycles. The van der Waals surface area contributed by atoms with Crippen molar-refractivity contribution in [3.8, 4) is 0 Å². The summed E-state index contributed by atoms with van der Waals surface area (Å²) in [6.07, 6.45) is -2.53. The average molecular weight is 280 g/mol. The van der Waals surface area contributed by atoms with Gasteiger partial charge >= 0.3 is 6.18 Å². The minimum atomic E-state index is -4.21. The molecule has 2 atom stereocenters. The van der Waals surface area contributed by atoms with E-state index in [1.54, 1.807) is 7.05 Å². The van der Waals surface area contributed by atoms with E-state index in [4.69, 9.17) is 0 Å². The zero-order chi connectivity index (χ0) is 15.3. The van der Waals surface area contributed by atoms with Gasteiger partial charge in [0.1, 0.15) is 0 Å². The maximum Gasteiger partial charge on any atom is 0.393 e. The Bertz CT molecular complexity index is 272. The van der Waals surface area contributed by atoms with E-state index in [2.05, 4.69) is 17.2 Å². The average Bonchev–Trinajstić information content (AvgIpc) is 2.19. The lowest BCUT2D eigenvalue weighted by molar-refractivity contribution is -0.182. The first kappa shape index (κ1) is 18.4. The molecule has 19 heavy (non-hydrogen) atoms. The first-order valence-electron chi connectivity index (χ1n) is 6.66. The topological polar surface area (TPSA) is 24.1 Å². The van der Waals surface area contributed by atoms with Gasteiger partial charge in [-0.25, -0.2) is 0 Å². The van der Waals surface area contributed by atoms with Gasteiger partial charge in [0.05, 0.1) is 5.92 Å². The Morgan fingerprint density at radius 1 is 1.21 bits per heavy atom. The summed E-state index contributed by atoms with van der Waals surface area (Å²) in [6.45, 7) is 11.3. The minimum Gasteiger partial charge on any atom is -0.316 e. The predicted octanol–water partition coefficient (Wildman–Crippen LogP) is 3.50. The smallest absolute Gasteiger partial charge is 0.316 e. The largest absolute Gasteiger partial charge is 0.393 e. The molecule has 0 aromatic carbocycles. The second kappa shape index (κ2) is 7.29. The quantitative estimate of drug-likeness (QED) is 0.665. The fourth-order valence-electron chi connectivity index (χ4n) is 2.54. The monoisotopic (exact) mass is 280 g/mol. The van der Waals surface area contributed by atoms with Crippen LogP contribution in [-0.4, -0.2) is 30.8 Å². The third-order valence-corrected chi connectivity index (χ3v) is 3.11. The zero-order valence-corrected chi connectivity index (χ0v) is 12.6. The van der Waals surface area contributed by atoms with Crippen LogP contribution in [0.15, 0.2) is 12.7 Å². The Morgan fingerprint density at radius 3 is 2.05 bits per heavy atom. The molecule has 2 unspecified atom stereocenters. The SMILES string of the molecule is C=CCC(C(CC(C)(C)NC(C)C)NC)C(F)(F)F. The molecule has 5 heteroatoms. The molecule has 0 saturated heterocycles. The Kier molecular flexibility index (Phi) is 7.08. The number of hydrogen-bond acceptors (Lipinski definition) is 2. The Morgan fingerprint density at radius 2 is 1.74 bits per heavy atom. The van der Waals surface area contributed by atoms with Gasteiger partial charge in [-0.05, 0) is 33.7 Å². The van der Waals surface area contributed by atoms with E-state index >= 15 is 0 Å². The Hall–Kier alpha value is -0.550. The highest BCUT2D eigenvalue weighted by Crippen LogP contribution is 2.34. The number of rotatable bonds is 8. The minimum absolute atomic E-state index is 0.0627. The number of halogens is 3. The van der Waals surface area contributed by atoms with Crippen LogP contribution >= 0.6 is 0 Å². The zero-order valence-electron chi connectivity index (χ0n) is 12.6. The molecule has 0 aliphatic heterocycles. The predicted molar refractivity (Wildman–Crippen MR) is 74.2 cm³/mol. The van der Waals surface area contributed by atoms with E-state index in [-0.39, 0.29) is 18.0 Å². The summed E-state index contributed by atoms with van der Waals surface area (Å²) in [7, 11) is 1.58. The van der Waals surface area contributed by atoms with Gasteiger partial charge < -0.3 is 10.6 Å².